The van der Waals surface area contributed by atoms with Crippen molar-refractivity contribution in [2.45, 2.75) is 13.2 Å². The molecule has 0 aliphatic rings. The van der Waals surface area contributed by atoms with Crippen molar-refractivity contribution in [3.8, 4) is 6.07 Å². The Bertz CT molecular complexity index is 482. The predicted octanol–water partition coefficient (Wildman–Crippen LogP) is 2.60. The summed E-state index contributed by atoms with van der Waals surface area (Å²) in [5.74, 6) is 0. The number of rotatable bonds is 4. The minimum atomic E-state index is 0.460. The molecular formula is C13H12N2O. The van der Waals surface area contributed by atoms with Gasteiger partial charge in [0.25, 0.3) is 0 Å². The first-order valence-corrected chi connectivity index (χ1v) is 5.07. The second-order valence-electron chi connectivity index (χ2n) is 3.48. The van der Waals surface area contributed by atoms with E-state index in [1.807, 2.05) is 30.3 Å². The minimum Gasteiger partial charge on any atom is -0.372 e. The van der Waals surface area contributed by atoms with Crippen molar-refractivity contribution in [3.05, 3.63) is 59.4 Å². The van der Waals surface area contributed by atoms with Gasteiger partial charge in [0.05, 0.1) is 18.8 Å². The highest BCUT2D eigenvalue weighted by Gasteiger charge is 2.02. The van der Waals surface area contributed by atoms with Crippen LogP contribution in [-0.4, -0.2) is 4.98 Å². The molecule has 0 aliphatic heterocycles. The number of hydrogen-bond acceptors (Lipinski definition) is 2. The van der Waals surface area contributed by atoms with Crippen LogP contribution in [0.5, 0.6) is 0 Å². The zero-order valence-electron chi connectivity index (χ0n) is 8.81. The Kier molecular flexibility index (Phi) is 3.37. The predicted molar refractivity (Wildman–Crippen MR) is 60.4 cm³/mol. The van der Waals surface area contributed by atoms with Crippen molar-refractivity contribution in [1.82, 2.24) is 4.98 Å². The number of aromatic nitrogens is 1. The van der Waals surface area contributed by atoms with E-state index in [1.165, 1.54) is 0 Å². The van der Waals surface area contributed by atoms with Crippen LogP contribution in [0.4, 0.5) is 0 Å². The first-order chi connectivity index (χ1) is 7.90. The molecule has 0 saturated carbocycles. The smallest absolute Gasteiger partial charge is 0.101 e. The van der Waals surface area contributed by atoms with Crippen molar-refractivity contribution in [2.75, 3.05) is 0 Å². The molecule has 3 heteroatoms. The normalized spacial score (nSPS) is 9.94. The fourth-order valence-electron chi connectivity index (χ4n) is 1.47. The maximum atomic E-state index is 8.80. The lowest BCUT2D eigenvalue weighted by molar-refractivity contribution is 0.107. The van der Waals surface area contributed by atoms with Crippen LogP contribution >= 0.6 is 0 Å². The molecule has 80 valence electrons. The molecule has 0 radical (unpaired) electrons. The summed E-state index contributed by atoms with van der Waals surface area (Å²) < 4.78 is 5.54. The zero-order valence-corrected chi connectivity index (χ0v) is 8.81. The molecule has 2 rings (SSSR count). The number of benzene rings is 1. The maximum absolute atomic E-state index is 8.80. The molecule has 1 heterocycles. The lowest BCUT2D eigenvalue weighted by Gasteiger charge is -2.02. The van der Waals surface area contributed by atoms with Gasteiger partial charge in [-0.05, 0) is 5.56 Å². The lowest BCUT2D eigenvalue weighted by Crippen LogP contribution is -1.94. The van der Waals surface area contributed by atoms with Gasteiger partial charge in [-0.1, -0.05) is 30.3 Å². The van der Waals surface area contributed by atoms with E-state index in [-0.39, 0.29) is 0 Å². The SMILES string of the molecule is N#Cc1c[nH]cc1COCc1ccccc1. The number of aromatic amines is 1. The average Bonchev–Trinajstić information content (AvgIpc) is 2.78. The Hall–Kier alpha value is -2.05. The summed E-state index contributed by atoms with van der Waals surface area (Å²) in [6, 6.07) is 12.1. The largest absolute Gasteiger partial charge is 0.372 e. The fourth-order valence-corrected chi connectivity index (χ4v) is 1.47. The van der Waals surface area contributed by atoms with Crippen LogP contribution in [0.25, 0.3) is 0 Å². The molecule has 2 aromatic rings. The van der Waals surface area contributed by atoms with Gasteiger partial charge in [-0.3, -0.25) is 0 Å². The second-order valence-corrected chi connectivity index (χ2v) is 3.48. The summed E-state index contributed by atoms with van der Waals surface area (Å²) in [4.78, 5) is 2.90. The van der Waals surface area contributed by atoms with Crippen molar-refractivity contribution in [3.63, 3.8) is 0 Å². The second kappa shape index (κ2) is 5.15. The average molecular weight is 212 g/mol. The van der Waals surface area contributed by atoms with Gasteiger partial charge in [0, 0.05) is 18.0 Å². The van der Waals surface area contributed by atoms with E-state index in [4.69, 9.17) is 10.00 Å². The third-order valence-electron chi connectivity index (χ3n) is 2.32. The Morgan fingerprint density at radius 1 is 1.12 bits per heavy atom. The molecule has 0 aliphatic carbocycles. The molecule has 16 heavy (non-hydrogen) atoms. The van der Waals surface area contributed by atoms with Crippen LogP contribution in [0.1, 0.15) is 16.7 Å². The molecule has 0 saturated heterocycles. The monoisotopic (exact) mass is 212 g/mol. The van der Waals surface area contributed by atoms with E-state index >= 15 is 0 Å². The third-order valence-corrected chi connectivity index (χ3v) is 2.32. The molecule has 1 N–H and O–H groups in total. The molecule has 0 bridgehead atoms. The van der Waals surface area contributed by atoms with Gasteiger partial charge in [0.2, 0.25) is 0 Å². The van der Waals surface area contributed by atoms with Gasteiger partial charge in [-0.2, -0.15) is 5.26 Å². The maximum Gasteiger partial charge on any atom is 0.101 e. The highest BCUT2D eigenvalue weighted by atomic mass is 16.5. The number of H-pyrrole nitrogens is 1. The Labute approximate surface area is 94.3 Å². The van der Waals surface area contributed by atoms with Gasteiger partial charge >= 0.3 is 0 Å². The van der Waals surface area contributed by atoms with Crippen molar-refractivity contribution < 1.29 is 4.74 Å². The van der Waals surface area contributed by atoms with Crippen LogP contribution in [0.15, 0.2) is 42.7 Å². The number of hydrogen-bond donors (Lipinski definition) is 1. The summed E-state index contributed by atoms with van der Waals surface area (Å²) in [6.07, 6.45) is 3.48. The van der Waals surface area contributed by atoms with Crippen LogP contribution in [0.3, 0.4) is 0 Å². The van der Waals surface area contributed by atoms with Crippen molar-refractivity contribution >= 4 is 0 Å². The minimum absolute atomic E-state index is 0.460. The molecule has 3 nitrogen and oxygen atoms in total. The van der Waals surface area contributed by atoms with Gasteiger partial charge in [-0.15, -0.1) is 0 Å². The number of ether oxygens (including phenoxy) is 1. The molecule has 0 unspecified atom stereocenters. The summed E-state index contributed by atoms with van der Waals surface area (Å²) in [5, 5.41) is 8.80. The van der Waals surface area contributed by atoms with Crippen LogP contribution < -0.4 is 0 Å². The fraction of sp³-hybridized carbons (Fsp3) is 0.154. The highest BCUT2D eigenvalue weighted by Crippen LogP contribution is 2.09. The summed E-state index contributed by atoms with van der Waals surface area (Å²) >= 11 is 0. The topological polar surface area (TPSA) is 48.8 Å². The molecule has 0 atom stereocenters. The quantitative estimate of drug-likeness (QED) is 0.846. The molecule has 1 aromatic carbocycles. The molecule has 0 spiro atoms. The van der Waals surface area contributed by atoms with E-state index in [1.54, 1.807) is 12.4 Å². The van der Waals surface area contributed by atoms with E-state index in [0.29, 0.717) is 18.8 Å². The molecule has 1 aromatic heterocycles. The summed E-state index contributed by atoms with van der Waals surface area (Å²) in [6.45, 7) is 1.03. The third kappa shape index (κ3) is 2.50. The number of nitriles is 1. The first kappa shape index (κ1) is 10.5. The van der Waals surface area contributed by atoms with Crippen molar-refractivity contribution in [1.29, 1.82) is 5.26 Å². The zero-order chi connectivity index (χ0) is 11.2. The molecule has 0 amide bonds. The number of nitrogens with one attached hydrogen (secondary N) is 1. The molecule has 0 fully saturated rings. The Morgan fingerprint density at radius 3 is 2.69 bits per heavy atom. The first-order valence-electron chi connectivity index (χ1n) is 5.07. The van der Waals surface area contributed by atoms with Gasteiger partial charge in [-0.25, -0.2) is 0 Å². The standard InChI is InChI=1S/C13H12N2O/c14-6-12-7-15-8-13(12)10-16-9-11-4-2-1-3-5-11/h1-5,7-8,15H,9-10H2. The Morgan fingerprint density at radius 2 is 1.94 bits per heavy atom. The van der Waals surface area contributed by atoms with E-state index in [0.717, 1.165) is 11.1 Å². The Balaban J connectivity index is 1.88. The summed E-state index contributed by atoms with van der Waals surface area (Å²) in [7, 11) is 0. The highest BCUT2D eigenvalue weighted by molar-refractivity contribution is 5.34. The lowest BCUT2D eigenvalue weighted by atomic mass is 10.2. The van der Waals surface area contributed by atoms with Gasteiger partial charge in [0.1, 0.15) is 6.07 Å². The van der Waals surface area contributed by atoms with E-state index < -0.39 is 0 Å². The van der Waals surface area contributed by atoms with Gasteiger partial charge < -0.3 is 9.72 Å². The van der Waals surface area contributed by atoms with Crippen LogP contribution in [-0.2, 0) is 18.0 Å². The summed E-state index contributed by atoms with van der Waals surface area (Å²) in [5.41, 5.74) is 2.68. The van der Waals surface area contributed by atoms with Gasteiger partial charge in [0.15, 0.2) is 0 Å². The van der Waals surface area contributed by atoms with Crippen LogP contribution in [0.2, 0.25) is 0 Å². The number of nitrogens with zero attached hydrogens (tertiary/aromatic N) is 1. The van der Waals surface area contributed by atoms with E-state index in [2.05, 4.69) is 11.1 Å². The molecular weight excluding hydrogens is 200 g/mol. The van der Waals surface area contributed by atoms with Crippen LogP contribution in [0, 0.1) is 11.3 Å². The van der Waals surface area contributed by atoms with E-state index in [9.17, 15) is 0 Å². The van der Waals surface area contributed by atoms with Crippen molar-refractivity contribution in [2.24, 2.45) is 0 Å².